The molecule has 0 saturated heterocycles. The number of nitrogens with one attached hydrogen (secondary N) is 1. The fourth-order valence-corrected chi connectivity index (χ4v) is 4.53. The van der Waals surface area contributed by atoms with Crippen molar-refractivity contribution < 1.29 is 19.4 Å². The van der Waals surface area contributed by atoms with Gasteiger partial charge in [0.25, 0.3) is 0 Å². The van der Waals surface area contributed by atoms with Gasteiger partial charge in [-0.05, 0) is 18.2 Å². The van der Waals surface area contributed by atoms with E-state index < -0.39 is 23.8 Å². The number of nitrogens with two attached hydrogens (primary N) is 1. The second kappa shape index (κ2) is 6.87. The van der Waals surface area contributed by atoms with E-state index in [0.29, 0.717) is 27.5 Å². The van der Waals surface area contributed by atoms with E-state index in [1.807, 2.05) is 6.07 Å². The highest BCUT2D eigenvalue weighted by atomic mass is 35.5. The summed E-state index contributed by atoms with van der Waals surface area (Å²) in [6, 6.07) is 15.5. The summed E-state index contributed by atoms with van der Waals surface area (Å²) in [7, 11) is 0. The number of ether oxygens (including phenoxy) is 1. The van der Waals surface area contributed by atoms with Crippen molar-refractivity contribution in [1.82, 2.24) is 10.2 Å². The van der Waals surface area contributed by atoms with Gasteiger partial charge in [-0.25, -0.2) is 0 Å². The smallest absolute Gasteiger partial charge is 0.323 e. The van der Waals surface area contributed by atoms with Gasteiger partial charge in [-0.1, -0.05) is 41.9 Å². The number of hydrogen-bond acceptors (Lipinski definition) is 6. The van der Waals surface area contributed by atoms with Crippen LogP contribution in [0.25, 0.3) is 11.3 Å². The van der Waals surface area contributed by atoms with Crippen LogP contribution >= 0.6 is 11.6 Å². The minimum atomic E-state index is -1.72. The highest BCUT2D eigenvalue weighted by molar-refractivity contribution is 6.30. The summed E-state index contributed by atoms with van der Waals surface area (Å²) < 4.78 is 5.61. The Morgan fingerprint density at radius 2 is 2.00 bits per heavy atom. The molecule has 9 nitrogen and oxygen atoms in total. The lowest BCUT2D eigenvalue weighted by Crippen LogP contribution is -2.47. The van der Waals surface area contributed by atoms with Crippen molar-refractivity contribution in [2.45, 2.75) is 5.41 Å². The fourth-order valence-electron chi connectivity index (χ4n) is 4.41. The molecule has 2 aliphatic heterocycles. The standard InChI is InChI=1S/C22H14ClN5O4/c23-12-7-5-11(6-8-12)18-17-20(27-26-18)32-19(25)14(9-24)22(17)13-3-1-2-4-15(13)28(21(22)31)10-16(29)30/h1-8H,10,25H2,(H,26,27)(H,29,30)/t22-/m1/s1. The monoisotopic (exact) mass is 447 g/mol. The Balaban J connectivity index is 1.87. The fraction of sp³-hybridized carbons (Fsp3) is 0.0909. The molecule has 0 fully saturated rings. The second-order valence-electron chi connectivity index (χ2n) is 7.29. The number of carbonyl (C=O) groups excluding carboxylic acids is 1. The number of carbonyl (C=O) groups is 2. The molecule has 3 heterocycles. The molecule has 1 spiro atoms. The Kier molecular flexibility index (Phi) is 4.22. The molecule has 10 heteroatoms. The minimum absolute atomic E-state index is 0.0341. The van der Waals surface area contributed by atoms with Gasteiger partial charge in [0.2, 0.25) is 17.7 Å². The Morgan fingerprint density at radius 1 is 1.28 bits per heavy atom. The number of para-hydroxylation sites is 1. The van der Waals surface area contributed by atoms with Gasteiger partial charge in [0.05, 0.1) is 11.3 Å². The van der Waals surface area contributed by atoms with Crippen LogP contribution in [0.2, 0.25) is 5.02 Å². The zero-order valence-corrected chi connectivity index (χ0v) is 17.1. The van der Waals surface area contributed by atoms with Crippen LogP contribution in [-0.4, -0.2) is 33.7 Å². The van der Waals surface area contributed by atoms with Gasteiger partial charge in [-0.15, -0.1) is 5.10 Å². The van der Waals surface area contributed by atoms with Gasteiger partial charge in [-0.3, -0.25) is 19.6 Å². The average molecular weight is 448 g/mol. The van der Waals surface area contributed by atoms with Crippen LogP contribution in [0.3, 0.4) is 0 Å². The maximum absolute atomic E-state index is 14.0. The number of nitrogens with zero attached hydrogens (tertiary/aromatic N) is 3. The summed E-state index contributed by atoms with van der Waals surface area (Å²) in [4.78, 5) is 26.7. The zero-order valence-electron chi connectivity index (χ0n) is 16.3. The Labute approximate surface area is 186 Å². The van der Waals surface area contributed by atoms with Crippen molar-refractivity contribution in [3.8, 4) is 23.2 Å². The van der Waals surface area contributed by atoms with Crippen LogP contribution in [0.4, 0.5) is 5.69 Å². The number of nitriles is 1. The van der Waals surface area contributed by atoms with Gasteiger partial charge in [-0.2, -0.15) is 5.26 Å². The lowest BCUT2D eigenvalue weighted by Gasteiger charge is -2.32. The summed E-state index contributed by atoms with van der Waals surface area (Å²) in [6.07, 6.45) is 0. The van der Waals surface area contributed by atoms with Gasteiger partial charge in [0, 0.05) is 21.8 Å². The molecule has 0 unspecified atom stereocenters. The van der Waals surface area contributed by atoms with Crippen LogP contribution in [0.15, 0.2) is 60.0 Å². The lowest BCUT2D eigenvalue weighted by atomic mass is 9.68. The van der Waals surface area contributed by atoms with Crippen LogP contribution in [0, 0.1) is 11.3 Å². The molecule has 0 bridgehead atoms. The maximum atomic E-state index is 14.0. The molecular formula is C22H14ClN5O4. The summed E-state index contributed by atoms with van der Waals surface area (Å²) in [6.45, 7) is -0.583. The SMILES string of the molecule is N#CC1=C(N)Oc2n[nH]c(-c3ccc(Cl)cc3)c2[C@]12C(=O)N(CC(=O)O)c1ccccc12. The van der Waals surface area contributed by atoms with Crippen molar-refractivity contribution in [2.24, 2.45) is 5.73 Å². The molecule has 0 saturated carbocycles. The van der Waals surface area contributed by atoms with Gasteiger partial charge >= 0.3 is 5.97 Å². The summed E-state index contributed by atoms with van der Waals surface area (Å²) in [5.74, 6) is -2.05. The first-order valence-electron chi connectivity index (χ1n) is 9.45. The molecule has 5 rings (SSSR count). The van der Waals surface area contributed by atoms with E-state index in [0.717, 1.165) is 4.90 Å². The number of H-pyrrole nitrogens is 1. The van der Waals surface area contributed by atoms with E-state index in [9.17, 15) is 20.0 Å². The molecule has 32 heavy (non-hydrogen) atoms. The van der Waals surface area contributed by atoms with Crippen molar-refractivity contribution >= 4 is 29.2 Å². The summed E-state index contributed by atoms with van der Waals surface area (Å²) >= 11 is 6.03. The normalized spacial score (nSPS) is 18.9. The van der Waals surface area contributed by atoms with E-state index >= 15 is 0 Å². The molecule has 2 aromatic carbocycles. The molecule has 2 aliphatic rings. The molecule has 1 atom stereocenters. The number of benzene rings is 2. The third-order valence-corrected chi connectivity index (χ3v) is 5.89. The molecule has 0 aliphatic carbocycles. The van der Waals surface area contributed by atoms with Gasteiger partial charge < -0.3 is 15.6 Å². The zero-order chi connectivity index (χ0) is 22.6. The first kappa shape index (κ1) is 19.7. The predicted molar refractivity (Wildman–Crippen MR) is 114 cm³/mol. The molecular weight excluding hydrogens is 434 g/mol. The quantitative estimate of drug-likeness (QED) is 0.559. The minimum Gasteiger partial charge on any atom is -0.480 e. The van der Waals surface area contributed by atoms with Gasteiger partial charge in [0.15, 0.2) is 0 Å². The predicted octanol–water partition coefficient (Wildman–Crippen LogP) is 2.53. The molecule has 1 amide bonds. The summed E-state index contributed by atoms with van der Waals surface area (Å²) in [5, 5.41) is 27.1. The van der Waals surface area contributed by atoms with E-state index in [-0.39, 0.29) is 22.9 Å². The molecule has 0 radical (unpaired) electrons. The number of fused-ring (bicyclic) bond motifs is 4. The van der Waals surface area contributed by atoms with Crippen molar-refractivity contribution in [3.63, 3.8) is 0 Å². The molecule has 158 valence electrons. The molecule has 1 aromatic heterocycles. The lowest BCUT2D eigenvalue weighted by molar-refractivity contribution is -0.136. The number of aromatic nitrogens is 2. The highest BCUT2D eigenvalue weighted by Crippen LogP contribution is 2.56. The first-order chi connectivity index (χ1) is 15.4. The van der Waals surface area contributed by atoms with Crippen molar-refractivity contribution in [2.75, 3.05) is 11.4 Å². The van der Waals surface area contributed by atoms with Crippen molar-refractivity contribution in [3.05, 3.63) is 76.1 Å². The highest BCUT2D eigenvalue weighted by Gasteiger charge is 2.61. The number of carboxylic acid groups (broad SMARTS) is 1. The number of aliphatic carboxylic acids is 1. The Morgan fingerprint density at radius 3 is 2.69 bits per heavy atom. The topological polar surface area (TPSA) is 145 Å². The molecule has 4 N–H and O–H groups in total. The number of anilines is 1. The third kappa shape index (κ3) is 2.47. The van der Waals surface area contributed by atoms with Crippen LogP contribution in [0.5, 0.6) is 5.88 Å². The number of aromatic amines is 1. The number of rotatable bonds is 3. The van der Waals surface area contributed by atoms with E-state index in [1.165, 1.54) is 0 Å². The Bertz CT molecular complexity index is 1370. The Hall–Kier alpha value is -4.29. The van der Waals surface area contributed by atoms with Crippen LogP contribution < -0.4 is 15.4 Å². The maximum Gasteiger partial charge on any atom is 0.323 e. The largest absolute Gasteiger partial charge is 0.480 e. The first-order valence-corrected chi connectivity index (χ1v) is 9.83. The number of amides is 1. The number of carboxylic acids is 1. The molecule has 3 aromatic rings. The third-order valence-electron chi connectivity index (χ3n) is 5.64. The van der Waals surface area contributed by atoms with Crippen LogP contribution in [0.1, 0.15) is 11.1 Å². The van der Waals surface area contributed by atoms with E-state index in [1.54, 1.807) is 48.5 Å². The number of hydrogen-bond donors (Lipinski definition) is 3. The second-order valence-corrected chi connectivity index (χ2v) is 7.73. The van der Waals surface area contributed by atoms with Crippen molar-refractivity contribution in [1.29, 1.82) is 5.26 Å². The number of halogens is 1. The van der Waals surface area contributed by atoms with E-state index in [2.05, 4.69) is 10.2 Å². The summed E-state index contributed by atoms with van der Waals surface area (Å²) in [5.41, 5.74) is 6.37. The van der Waals surface area contributed by atoms with Crippen LogP contribution in [-0.2, 0) is 15.0 Å². The van der Waals surface area contributed by atoms with Gasteiger partial charge in [0.1, 0.15) is 23.6 Å². The van der Waals surface area contributed by atoms with E-state index in [4.69, 9.17) is 22.1 Å². The average Bonchev–Trinajstić information content (AvgIpc) is 3.29.